The lowest BCUT2D eigenvalue weighted by Crippen LogP contribution is -2.70. The standard InChI is InChI=1S/C46H66N2O8/c1-9-22-48(44(51)52-30-45(6,7)8)41-29-39(47-54-11-3)37-27-33(16-12-14-23-49)36(17-13-15-24-50)42-38-28-35(55-34-19-18-31(4)32(5)26-34)20-21-40(38)56-46(41,43(37)42)53-25-10-2/h10,18-21,26-28,33,36,41-43,49-50H,2,9,11-17,22-25,29-30H2,1,3-8H3/t33-,36+,41-,42+,43+,46+/m0/s1. The van der Waals surface area contributed by atoms with E-state index < -0.39 is 23.8 Å². The lowest BCUT2D eigenvalue weighted by molar-refractivity contribution is -0.255. The van der Waals surface area contributed by atoms with Gasteiger partial charge in [0.25, 0.3) is 0 Å². The van der Waals surface area contributed by atoms with Crippen LogP contribution in [0.15, 0.2) is 65.9 Å². The van der Waals surface area contributed by atoms with Gasteiger partial charge in [0.2, 0.25) is 5.79 Å². The van der Waals surface area contributed by atoms with Gasteiger partial charge in [0.1, 0.15) is 29.9 Å². The van der Waals surface area contributed by atoms with Crippen molar-refractivity contribution in [1.82, 2.24) is 4.90 Å². The highest BCUT2D eigenvalue weighted by molar-refractivity contribution is 6.03. The molecule has 0 aromatic heterocycles. The molecule has 2 aromatic carbocycles. The van der Waals surface area contributed by atoms with Crippen molar-refractivity contribution in [2.75, 3.05) is 39.6 Å². The molecule has 2 aliphatic carbocycles. The van der Waals surface area contributed by atoms with Gasteiger partial charge in [-0.05, 0) is 117 Å². The molecule has 1 saturated carbocycles. The molecule has 1 fully saturated rings. The number of carbonyl (C=O) groups excluding carboxylic acids is 1. The lowest BCUT2D eigenvalue weighted by Gasteiger charge is -2.60. The number of benzene rings is 2. The summed E-state index contributed by atoms with van der Waals surface area (Å²) in [5.74, 6) is 0.509. The molecule has 1 aliphatic heterocycles. The Morgan fingerprint density at radius 3 is 2.39 bits per heavy atom. The fourth-order valence-electron chi connectivity index (χ4n) is 8.74. The molecule has 5 rings (SSSR count). The SMILES string of the molecule is C=CCO[C@@]12Oc3ccc(Oc4ccc(C)c(C)c4)cc3[C@H]3[C@H](CCCCO)[C@@H](CCCCO)C=C(C(=NOCC)C[C@@H]1N(CCC)C(=O)OCC(C)(C)C)[C@H]32. The number of hydrogen-bond donors (Lipinski definition) is 2. The van der Waals surface area contributed by atoms with Gasteiger partial charge in [-0.2, -0.15) is 0 Å². The van der Waals surface area contributed by atoms with E-state index in [4.69, 9.17) is 28.9 Å². The van der Waals surface area contributed by atoms with Crippen molar-refractivity contribution in [2.45, 2.75) is 118 Å². The van der Waals surface area contributed by atoms with Gasteiger partial charge in [0, 0.05) is 37.7 Å². The molecule has 0 unspecified atom stereocenters. The van der Waals surface area contributed by atoms with Crippen molar-refractivity contribution >= 4 is 11.8 Å². The number of carbonyl (C=O) groups is 1. The molecule has 10 heteroatoms. The van der Waals surface area contributed by atoms with Gasteiger partial charge in [-0.15, -0.1) is 6.58 Å². The van der Waals surface area contributed by atoms with Crippen LogP contribution in [-0.2, 0) is 14.3 Å². The summed E-state index contributed by atoms with van der Waals surface area (Å²) in [7, 11) is 0. The van der Waals surface area contributed by atoms with E-state index in [2.05, 4.69) is 51.6 Å². The van der Waals surface area contributed by atoms with Crippen LogP contribution >= 0.6 is 0 Å². The minimum Gasteiger partial charge on any atom is -0.459 e. The molecular formula is C46H66N2O8. The first-order valence-corrected chi connectivity index (χ1v) is 20.8. The summed E-state index contributed by atoms with van der Waals surface area (Å²) in [5.41, 5.74) is 4.90. The van der Waals surface area contributed by atoms with Crippen molar-refractivity contribution < 1.29 is 38.8 Å². The van der Waals surface area contributed by atoms with Crippen molar-refractivity contribution in [2.24, 2.45) is 28.3 Å². The van der Waals surface area contributed by atoms with Gasteiger partial charge >= 0.3 is 6.09 Å². The van der Waals surface area contributed by atoms with E-state index >= 15 is 0 Å². The Hall–Kier alpha value is -3.86. The van der Waals surface area contributed by atoms with E-state index in [1.165, 1.54) is 5.56 Å². The van der Waals surface area contributed by atoms with E-state index in [1.807, 2.05) is 45.9 Å². The van der Waals surface area contributed by atoms with Gasteiger partial charge in [0.15, 0.2) is 0 Å². The van der Waals surface area contributed by atoms with E-state index in [1.54, 1.807) is 11.0 Å². The summed E-state index contributed by atoms with van der Waals surface area (Å²) >= 11 is 0. The fourth-order valence-corrected chi connectivity index (χ4v) is 8.74. The maximum Gasteiger partial charge on any atom is 0.410 e. The number of unbranched alkanes of at least 4 members (excludes halogenated alkanes) is 2. The van der Waals surface area contributed by atoms with Crippen LogP contribution in [0.3, 0.4) is 0 Å². The Balaban J connectivity index is 1.76. The summed E-state index contributed by atoms with van der Waals surface area (Å²) < 4.78 is 26.9. The van der Waals surface area contributed by atoms with Crippen LogP contribution in [0.1, 0.15) is 109 Å². The number of allylic oxidation sites excluding steroid dienone is 1. The number of fused-ring (bicyclic) bond motifs is 2. The van der Waals surface area contributed by atoms with Gasteiger partial charge in [-0.1, -0.05) is 63.9 Å². The number of amides is 1. The Labute approximate surface area is 334 Å². The van der Waals surface area contributed by atoms with E-state index in [-0.39, 0.29) is 49.6 Å². The first kappa shape index (κ1) is 43.3. The summed E-state index contributed by atoms with van der Waals surface area (Å²) in [6.07, 6.45) is 9.52. The third-order valence-corrected chi connectivity index (χ3v) is 11.4. The molecule has 1 amide bonds. The molecule has 308 valence electrons. The van der Waals surface area contributed by atoms with Crippen LogP contribution < -0.4 is 9.47 Å². The normalized spacial score (nSPS) is 24.7. The van der Waals surface area contributed by atoms with Crippen LogP contribution in [0.25, 0.3) is 0 Å². The topological polar surface area (TPSA) is 119 Å². The molecule has 6 atom stereocenters. The molecule has 0 bridgehead atoms. The van der Waals surface area contributed by atoms with Crippen molar-refractivity contribution in [3.8, 4) is 17.2 Å². The van der Waals surface area contributed by atoms with Crippen LogP contribution in [0, 0.1) is 37.0 Å². The molecule has 0 spiro atoms. The molecular weight excluding hydrogens is 709 g/mol. The zero-order valence-electron chi connectivity index (χ0n) is 34.9. The first-order valence-electron chi connectivity index (χ1n) is 20.8. The average Bonchev–Trinajstić information content (AvgIpc) is 3.17. The zero-order chi connectivity index (χ0) is 40.5. The number of aliphatic hydroxyl groups is 2. The van der Waals surface area contributed by atoms with Crippen LogP contribution in [-0.4, -0.2) is 78.3 Å². The highest BCUT2D eigenvalue weighted by Gasteiger charge is 2.65. The second-order valence-corrected chi connectivity index (χ2v) is 16.8. The third-order valence-electron chi connectivity index (χ3n) is 11.4. The van der Waals surface area contributed by atoms with Crippen LogP contribution in [0.2, 0.25) is 0 Å². The van der Waals surface area contributed by atoms with E-state index in [0.717, 1.165) is 53.8 Å². The Morgan fingerprint density at radius 2 is 1.73 bits per heavy atom. The quantitative estimate of drug-likeness (QED) is 0.0823. The van der Waals surface area contributed by atoms with Crippen LogP contribution in [0.5, 0.6) is 17.2 Å². The first-order chi connectivity index (χ1) is 26.9. The molecule has 0 saturated heterocycles. The highest BCUT2D eigenvalue weighted by atomic mass is 16.7. The summed E-state index contributed by atoms with van der Waals surface area (Å²) in [5, 5.41) is 24.5. The molecule has 3 aliphatic rings. The Morgan fingerprint density at radius 1 is 1.02 bits per heavy atom. The predicted octanol–water partition coefficient (Wildman–Crippen LogP) is 9.64. The largest absolute Gasteiger partial charge is 0.459 e. The third kappa shape index (κ3) is 9.80. The second-order valence-electron chi connectivity index (χ2n) is 16.8. The number of oxime groups is 1. The maximum atomic E-state index is 14.3. The fraction of sp³-hybridized carbons (Fsp3) is 0.609. The number of aliphatic hydroxyl groups excluding tert-OH is 2. The number of rotatable bonds is 19. The summed E-state index contributed by atoms with van der Waals surface area (Å²) in [4.78, 5) is 21.9. The molecule has 56 heavy (non-hydrogen) atoms. The molecule has 1 heterocycles. The number of nitrogens with zero attached hydrogens (tertiary/aromatic N) is 2. The van der Waals surface area contributed by atoms with Gasteiger partial charge in [0.05, 0.1) is 24.8 Å². The van der Waals surface area contributed by atoms with Gasteiger partial charge < -0.3 is 34.0 Å². The molecule has 10 nitrogen and oxygen atoms in total. The highest BCUT2D eigenvalue weighted by Crippen LogP contribution is 2.62. The minimum absolute atomic E-state index is 0.111. The Kier molecular flexibility index (Phi) is 15.1. The molecule has 2 N–H and O–H groups in total. The van der Waals surface area contributed by atoms with Crippen LogP contribution in [0.4, 0.5) is 4.79 Å². The molecule has 0 radical (unpaired) electrons. The van der Waals surface area contributed by atoms with Gasteiger partial charge in [-0.25, -0.2) is 4.79 Å². The Bertz CT molecular complexity index is 1700. The van der Waals surface area contributed by atoms with Crippen molar-refractivity contribution in [1.29, 1.82) is 0 Å². The smallest absolute Gasteiger partial charge is 0.410 e. The summed E-state index contributed by atoms with van der Waals surface area (Å²) in [6, 6.07) is 11.5. The molecule has 2 aromatic rings. The minimum atomic E-state index is -1.33. The number of aryl methyl sites for hydroxylation is 2. The lowest BCUT2D eigenvalue weighted by atomic mass is 9.55. The number of hydrogen-bond acceptors (Lipinski definition) is 9. The van der Waals surface area contributed by atoms with Crippen molar-refractivity contribution in [3.05, 3.63) is 77.4 Å². The van der Waals surface area contributed by atoms with E-state index in [9.17, 15) is 15.0 Å². The maximum absolute atomic E-state index is 14.3. The predicted molar refractivity (Wildman–Crippen MR) is 220 cm³/mol. The van der Waals surface area contributed by atoms with E-state index in [0.29, 0.717) is 50.3 Å². The van der Waals surface area contributed by atoms with Gasteiger partial charge in [-0.3, -0.25) is 4.90 Å². The second kappa shape index (κ2) is 19.5. The monoisotopic (exact) mass is 774 g/mol. The average molecular weight is 775 g/mol. The summed E-state index contributed by atoms with van der Waals surface area (Å²) in [6.45, 7) is 19.8. The van der Waals surface area contributed by atoms with Crippen molar-refractivity contribution in [3.63, 3.8) is 0 Å². The number of ether oxygens (including phenoxy) is 4. The zero-order valence-corrected chi connectivity index (χ0v) is 34.9.